The molecule has 5 rings (SSSR count). The first kappa shape index (κ1) is 17.1. The average Bonchev–Trinajstić information content (AvgIpc) is 3.26. The first-order valence-electron chi connectivity index (χ1n) is 9.43. The molecule has 142 valence electrons. The van der Waals surface area contributed by atoms with Gasteiger partial charge in [-0.3, -0.25) is 4.98 Å². The van der Waals surface area contributed by atoms with E-state index in [1.54, 1.807) is 10.7 Å². The van der Waals surface area contributed by atoms with Gasteiger partial charge < -0.3 is 15.5 Å². The smallest absolute Gasteiger partial charge is 0.157 e. The zero-order valence-electron chi connectivity index (χ0n) is 15.4. The summed E-state index contributed by atoms with van der Waals surface area (Å²) in [5.74, 6) is 0.775. The predicted molar refractivity (Wildman–Crippen MR) is 107 cm³/mol. The lowest BCUT2D eigenvalue weighted by Gasteiger charge is -2.19. The molecular formula is C21H21N5O2. The molecule has 0 spiro atoms. The molecule has 0 bridgehead atoms. The van der Waals surface area contributed by atoms with Crippen LogP contribution in [-0.4, -0.2) is 48.0 Å². The van der Waals surface area contributed by atoms with Crippen molar-refractivity contribution in [1.29, 1.82) is 0 Å². The Kier molecular flexibility index (Phi) is 3.99. The molecule has 7 heteroatoms. The summed E-state index contributed by atoms with van der Waals surface area (Å²) in [6, 6.07) is 13.5. The molecular weight excluding hydrogens is 354 g/mol. The Labute approximate surface area is 161 Å². The molecule has 3 heterocycles. The second-order valence-corrected chi connectivity index (χ2v) is 7.49. The molecule has 3 N–H and O–H groups in total. The van der Waals surface area contributed by atoms with Crippen LogP contribution in [-0.2, 0) is 0 Å². The highest BCUT2D eigenvalue weighted by molar-refractivity contribution is 5.83. The highest BCUT2D eigenvalue weighted by Gasteiger charge is 2.39. The number of hydrogen-bond acceptors (Lipinski definition) is 6. The molecule has 1 aromatic carbocycles. The van der Waals surface area contributed by atoms with Crippen LogP contribution in [0.2, 0.25) is 0 Å². The van der Waals surface area contributed by atoms with Crippen LogP contribution in [0.15, 0.2) is 54.9 Å². The van der Waals surface area contributed by atoms with Crippen LogP contribution in [0.4, 0.5) is 5.82 Å². The number of aliphatic hydroxyl groups is 2. The maximum atomic E-state index is 10.3. The summed E-state index contributed by atoms with van der Waals surface area (Å²) in [5, 5.41) is 29.4. The van der Waals surface area contributed by atoms with E-state index in [4.69, 9.17) is 5.10 Å². The maximum absolute atomic E-state index is 10.3. The van der Waals surface area contributed by atoms with E-state index < -0.39 is 12.2 Å². The van der Waals surface area contributed by atoms with Crippen molar-refractivity contribution in [2.75, 3.05) is 5.32 Å². The van der Waals surface area contributed by atoms with E-state index in [0.717, 1.165) is 28.0 Å². The van der Waals surface area contributed by atoms with E-state index in [1.807, 2.05) is 49.5 Å². The van der Waals surface area contributed by atoms with E-state index in [0.29, 0.717) is 12.1 Å². The summed E-state index contributed by atoms with van der Waals surface area (Å²) in [6.07, 6.45) is 2.69. The topological polar surface area (TPSA) is 95.6 Å². The molecule has 1 aliphatic rings. The van der Waals surface area contributed by atoms with Crippen LogP contribution < -0.4 is 5.32 Å². The summed E-state index contributed by atoms with van der Waals surface area (Å²) in [6.45, 7) is 1.94. The molecule has 3 aromatic heterocycles. The quantitative estimate of drug-likeness (QED) is 0.509. The van der Waals surface area contributed by atoms with Crippen LogP contribution in [0.1, 0.15) is 13.3 Å². The van der Waals surface area contributed by atoms with Crippen LogP contribution in [0.3, 0.4) is 0 Å². The second-order valence-electron chi connectivity index (χ2n) is 7.49. The zero-order valence-corrected chi connectivity index (χ0v) is 15.4. The summed E-state index contributed by atoms with van der Waals surface area (Å²) in [4.78, 5) is 8.92. The molecule has 0 unspecified atom stereocenters. The maximum Gasteiger partial charge on any atom is 0.157 e. The number of nitrogens with one attached hydrogen (secondary N) is 1. The molecule has 0 saturated heterocycles. The number of hydrogen-bond donors (Lipinski definition) is 3. The number of rotatable bonds is 3. The van der Waals surface area contributed by atoms with E-state index in [2.05, 4.69) is 21.4 Å². The highest BCUT2D eigenvalue weighted by Crippen LogP contribution is 2.29. The molecule has 0 radical (unpaired) electrons. The summed E-state index contributed by atoms with van der Waals surface area (Å²) < 4.78 is 1.73. The van der Waals surface area contributed by atoms with Gasteiger partial charge in [0.25, 0.3) is 0 Å². The van der Waals surface area contributed by atoms with Gasteiger partial charge in [-0.25, -0.2) is 4.98 Å². The van der Waals surface area contributed by atoms with Crippen molar-refractivity contribution in [2.24, 2.45) is 5.92 Å². The molecule has 0 amide bonds. The second kappa shape index (κ2) is 6.54. The molecule has 7 nitrogen and oxygen atoms in total. The Hall–Kier alpha value is -3.03. The van der Waals surface area contributed by atoms with Gasteiger partial charge in [0.15, 0.2) is 5.65 Å². The third-order valence-corrected chi connectivity index (χ3v) is 5.55. The van der Waals surface area contributed by atoms with E-state index in [-0.39, 0.29) is 12.0 Å². The van der Waals surface area contributed by atoms with Crippen molar-refractivity contribution in [3.05, 3.63) is 54.9 Å². The molecule has 0 aliphatic heterocycles. The van der Waals surface area contributed by atoms with Gasteiger partial charge in [0, 0.05) is 29.4 Å². The fourth-order valence-corrected chi connectivity index (χ4v) is 3.95. The standard InChI is InChI=1S/C21H21N5O2/c1-12-8-17(21(28)20(12)27)24-18-6-7-22-19-10-16(25-26(18)19)14-9-13-4-2-3-5-15(13)23-11-14/h2-7,9-12,17,20-21,24,27-28H,8H2,1H3/t12-,17-,20-,21+/m1/s1. The number of para-hydroxylation sites is 1. The van der Waals surface area contributed by atoms with Crippen molar-refractivity contribution < 1.29 is 10.2 Å². The lowest BCUT2D eigenvalue weighted by Crippen LogP contribution is -2.35. The number of pyridine rings is 1. The van der Waals surface area contributed by atoms with Crippen molar-refractivity contribution in [3.63, 3.8) is 0 Å². The third kappa shape index (κ3) is 2.80. The Morgan fingerprint density at radius 1 is 1.07 bits per heavy atom. The minimum absolute atomic E-state index is 0.0432. The van der Waals surface area contributed by atoms with Crippen molar-refractivity contribution in [2.45, 2.75) is 31.6 Å². The molecule has 1 saturated carbocycles. The van der Waals surface area contributed by atoms with Crippen LogP contribution in [0.25, 0.3) is 27.8 Å². The van der Waals surface area contributed by atoms with Gasteiger partial charge in [-0.2, -0.15) is 9.61 Å². The number of fused-ring (bicyclic) bond motifs is 2. The Bertz CT molecular complexity index is 1160. The molecule has 1 fully saturated rings. The molecule has 4 atom stereocenters. The largest absolute Gasteiger partial charge is 0.390 e. The lowest BCUT2D eigenvalue weighted by molar-refractivity contribution is 0.0210. The Balaban J connectivity index is 1.52. The SMILES string of the molecule is C[C@@H]1C[C@@H](Nc2ccnc3cc(-c4cnc5ccccc5c4)nn23)[C@H](O)[C@@H]1O. The fraction of sp³-hybridized carbons (Fsp3) is 0.286. The predicted octanol–water partition coefficient (Wildman–Crippen LogP) is 2.49. The summed E-state index contributed by atoms with van der Waals surface area (Å²) >= 11 is 0. The van der Waals surface area contributed by atoms with E-state index >= 15 is 0 Å². The number of benzene rings is 1. The Morgan fingerprint density at radius 3 is 2.75 bits per heavy atom. The first-order chi connectivity index (χ1) is 13.6. The minimum Gasteiger partial charge on any atom is -0.390 e. The van der Waals surface area contributed by atoms with E-state index in [1.165, 1.54) is 0 Å². The van der Waals surface area contributed by atoms with Gasteiger partial charge in [0.2, 0.25) is 0 Å². The zero-order chi connectivity index (χ0) is 19.3. The number of aliphatic hydroxyl groups excluding tert-OH is 2. The average molecular weight is 375 g/mol. The van der Waals surface area contributed by atoms with Gasteiger partial charge in [-0.1, -0.05) is 25.1 Å². The van der Waals surface area contributed by atoms with Gasteiger partial charge >= 0.3 is 0 Å². The summed E-state index contributed by atoms with van der Waals surface area (Å²) in [7, 11) is 0. The third-order valence-electron chi connectivity index (χ3n) is 5.55. The van der Waals surface area contributed by atoms with Crippen molar-refractivity contribution in [1.82, 2.24) is 19.6 Å². The highest BCUT2D eigenvalue weighted by atomic mass is 16.3. The van der Waals surface area contributed by atoms with Gasteiger partial charge in [0.05, 0.1) is 23.4 Å². The summed E-state index contributed by atoms with van der Waals surface area (Å²) in [5.41, 5.74) is 3.34. The lowest BCUT2D eigenvalue weighted by atomic mass is 10.1. The van der Waals surface area contributed by atoms with Crippen molar-refractivity contribution >= 4 is 22.4 Å². The van der Waals surface area contributed by atoms with Crippen molar-refractivity contribution in [3.8, 4) is 11.3 Å². The molecule has 1 aliphatic carbocycles. The van der Waals surface area contributed by atoms with Crippen LogP contribution in [0, 0.1) is 5.92 Å². The first-order valence-corrected chi connectivity index (χ1v) is 9.43. The number of nitrogens with zero attached hydrogens (tertiary/aromatic N) is 4. The van der Waals surface area contributed by atoms with Gasteiger partial charge in [-0.15, -0.1) is 0 Å². The monoisotopic (exact) mass is 375 g/mol. The van der Waals surface area contributed by atoms with E-state index in [9.17, 15) is 10.2 Å². The molecule has 28 heavy (non-hydrogen) atoms. The van der Waals surface area contributed by atoms with Gasteiger partial charge in [0.1, 0.15) is 11.9 Å². The number of aromatic nitrogens is 4. The van der Waals surface area contributed by atoms with Crippen LogP contribution >= 0.6 is 0 Å². The van der Waals surface area contributed by atoms with Gasteiger partial charge in [-0.05, 0) is 30.5 Å². The normalized spacial score (nSPS) is 24.8. The van der Waals surface area contributed by atoms with Crippen LogP contribution in [0.5, 0.6) is 0 Å². The number of anilines is 1. The fourth-order valence-electron chi connectivity index (χ4n) is 3.95. The minimum atomic E-state index is -0.807. The Morgan fingerprint density at radius 2 is 1.93 bits per heavy atom. The molecule has 4 aromatic rings.